The van der Waals surface area contributed by atoms with Gasteiger partial charge in [0.05, 0.1) is 22.5 Å². The van der Waals surface area contributed by atoms with E-state index < -0.39 is 0 Å². The molecule has 2 bridgehead atoms. The second-order valence-electron chi connectivity index (χ2n) is 5.83. The van der Waals surface area contributed by atoms with Crippen molar-refractivity contribution in [2.45, 2.75) is 6.42 Å². The fourth-order valence-electron chi connectivity index (χ4n) is 3.12. The molecule has 4 aromatic rings. The minimum absolute atomic E-state index is 0.192. The number of amides is 1. The standard InChI is InChI=1S/C18H9Cl2N3O2/c19-12-5-9(7-22-17(12)20)23-18(24)14-13(8-1-3-21-4-2-8)15-10-6-11(10)16(14)25-15/h1-5,7H,6H2,(H,23,24). The van der Waals surface area contributed by atoms with Crippen molar-refractivity contribution in [2.75, 3.05) is 5.32 Å². The number of carbonyl (C=O) groups is 1. The van der Waals surface area contributed by atoms with Crippen LogP contribution in [-0.4, -0.2) is 15.9 Å². The summed E-state index contributed by atoms with van der Waals surface area (Å²) in [5.74, 6) is -0.268. The molecule has 4 aromatic heterocycles. The zero-order valence-electron chi connectivity index (χ0n) is 12.6. The van der Waals surface area contributed by atoms with Crippen molar-refractivity contribution in [1.82, 2.24) is 9.97 Å². The zero-order valence-corrected chi connectivity index (χ0v) is 14.1. The average molecular weight is 370 g/mol. The highest BCUT2D eigenvalue weighted by atomic mass is 35.5. The van der Waals surface area contributed by atoms with Crippen molar-refractivity contribution in [1.29, 1.82) is 0 Å². The lowest BCUT2D eigenvalue weighted by atomic mass is 10.00. The summed E-state index contributed by atoms with van der Waals surface area (Å²) in [6.07, 6.45) is 5.73. The Hall–Kier alpha value is -2.63. The topological polar surface area (TPSA) is 68.0 Å². The van der Waals surface area contributed by atoms with Crippen LogP contribution < -0.4 is 5.32 Å². The molecule has 5 rings (SSSR count). The minimum atomic E-state index is -0.268. The van der Waals surface area contributed by atoms with Gasteiger partial charge in [0.25, 0.3) is 5.91 Å². The van der Waals surface area contributed by atoms with E-state index >= 15 is 0 Å². The van der Waals surface area contributed by atoms with E-state index in [2.05, 4.69) is 15.3 Å². The van der Waals surface area contributed by atoms with E-state index in [9.17, 15) is 4.79 Å². The van der Waals surface area contributed by atoms with Crippen molar-refractivity contribution in [3.05, 3.63) is 63.7 Å². The lowest BCUT2D eigenvalue weighted by Crippen LogP contribution is -2.13. The maximum absolute atomic E-state index is 12.9. The predicted octanol–water partition coefficient (Wildman–Crippen LogP) is 4.79. The fourth-order valence-corrected chi connectivity index (χ4v) is 3.39. The first-order chi connectivity index (χ1) is 12.1. The molecule has 4 heterocycles. The maximum Gasteiger partial charge on any atom is 0.260 e. The van der Waals surface area contributed by atoms with Crippen LogP contribution in [-0.2, 0) is 6.42 Å². The monoisotopic (exact) mass is 369 g/mol. The van der Waals surface area contributed by atoms with Crippen LogP contribution in [0, 0.1) is 0 Å². The van der Waals surface area contributed by atoms with Crippen molar-refractivity contribution in [3.63, 3.8) is 0 Å². The van der Waals surface area contributed by atoms with E-state index in [1.807, 2.05) is 12.1 Å². The highest BCUT2D eigenvalue weighted by Crippen LogP contribution is 2.50. The Morgan fingerprint density at radius 3 is 2.68 bits per heavy atom. The number of benzene rings is 1. The smallest absolute Gasteiger partial charge is 0.260 e. The highest BCUT2D eigenvalue weighted by molar-refractivity contribution is 6.41. The SMILES string of the molecule is O=C(Nc1cnc(Cl)c(Cl)c1)c1c(-c2ccncc2)c2oc1c1c2C1. The van der Waals surface area contributed by atoms with Crippen molar-refractivity contribution in [3.8, 4) is 11.1 Å². The number of hydrogen-bond acceptors (Lipinski definition) is 4. The number of hydrogen-bond donors (Lipinski definition) is 1. The molecule has 0 aliphatic heterocycles. The molecule has 0 saturated heterocycles. The van der Waals surface area contributed by atoms with E-state index in [0.717, 1.165) is 28.7 Å². The summed E-state index contributed by atoms with van der Waals surface area (Å²) < 4.78 is 5.86. The molecule has 0 aromatic carbocycles. The average Bonchev–Trinajstić information content (AvgIpc) is 3.23. The summed E-state index contributed by atoms with van der Waals surface area (Å²) in [6.45, 7) is 0. The van der Waals surface area contributed by atoms with Crippen molar-refractivity contribution in [2.24, 2.45) is 0 Å². The Balaban J connectivity index is 1.59. The lowest BCUT2D eigenvalue weighted by molar-refractivity contribution is 0.102. The lowest BCUT2D eigenvalue weighted by Gasteiger charge is -2.08. The van der Waals surface area contributed by atoms with Crippen molar-refractivity contribution < 1.29 is 9.21 Å². The van der Waals surface area contributed by atoms with Gasteiger partial charge >= 0.3 is 0 Å². The molecule has 5 nitrogen and oxygen atoms in total. The van der Waals surface area contributed by atoms with Crippen LogP contribution in [0.1, 0.15) is 21.5 Å². The Kier molecular flexibility index (Phi) is 3.04. The first-order valence-corrected chi connectivity index (χ1v) is 8.31. The third-order valence-electron chi connectivity index (χ3n) is 4.30. The molecule has 0 atom stereocenters. The van der Waals surface area contributed by atoms with Gasteiger partial charge in [-0.1, -0.05) is 23.2 Å². The Morgan fingerprint density at radius 2 is 1.92 bits per heavy atom. The van der Waals surface area contributed by atoms with Crippen LogP contribution in [0.4, 0.5) is 5.69 Å². The third-order valence-corrected chi connectivity index (χ3v) is 4.99. The largest absolute Gasteiger partial charge is 0.455 e. The van der Waals surface area contributed by atoms with Gasteiger partial charge in [-0.3, -0.25) is 9.78 Å². The highest BCUT2D eigenvalue weighted by Gasteiger charge is 2.38. The van der Waals surface area contributed by atoms with Gasteiger partial charge in [-0.25, -0.2) is 4.98 Å². The summed E-state index contributed by atoms with van der Waals surface area (Å²) in [7, 11) is 0. The molecular weight excluding hydrogens is 361 g/mol. The van der Waals surface area contributed by atoms with Crippen LogP contribution in [0.15, 0.2) is 41.2 Å². The van der Waals surface area contributed by atoms with E-state index in [1.165, 1.54) is 11.8 Å². The molecule has 0 radical (unpaired) electrons. The predicted molar refractivity (Wildman–Crippen MR) is 95.6 cm³/mol. The molecule has 1 aliphatic carbocycles. The number of aromatic nitrogens is 2. The summed E-state index contributed by atoms with van der Waals surface area (Å²) in [5.41, 5.74) is 6.45. The molecule has 1 amide bonds. The quantitative estimate of drug-likeness (QED) is 0.464. The first kappa shape index (κ1) is 14.7. The molecule has 1 aliphatic rings. The second kappa shape index (κ2) is 5.18. The van der Waals surface area contributed by atoms with Crippen LogP contribution in [0.3, 0.4) is 0 Å². The Bertz CT molecular complexity index is 1140. The number of rotatable bonds is 3. The number of furan rings is 2. The summed E-state index contributed by atoms with van der Waals surface area (Å²) >= 11 is 11.8. The minimum Gasteiger partial charge on any atom is -0.455 e. The summed E-state index contributed by atoms with van der Waals surface area (Å²) in [4.78, 5) is 20.9. The maximum atomic E-state index is 12.9. The van der Waals surface area contributed by atoms with Gasteiger partial charge in [-0.05, 0) is 23.8 Å². The molecule has 0 spiro atoms. The van der Waals surface area contributed by atoms with Gasteiger partial charge in [0, 0.05) is 35.5 Å². The Labute approximate surface area is 151 Å². The number of nitrogens with one attached hydrogen (secondary N) is 1. The number of pyridine rings is 2. The van der Waals surface area contributed by atoms with Crippen LogP contribution in [0.2, 0.25) is 10.2 Å². The second-order valence-corrected chi connectivity index (χ2v) is 6.60. The van der Waals surface area contributed by atoms with E-state index in [-0.39, 0.29) is 16.1 Å². The van der Waals surface area contributed by atoms with Gasteiger partial charge in [0.1, 0.15) is 16.3 Å². The number of nitrogens with zero attached hydrogens (tertiary/aromatic N) is 2. The van der Waals surface area contributed by atoms with Gasteiger partial charge in [-0.2, -0.15) is 0 Å². The molecule has 25 heavy (non-hydrogen) atoms. The van der Waals surface area contributed by atoms with Gasteiger partial charge in [0.2, 0.25) is 0 Å². The fraction of sp³-hybridized carbons (Fsp3) is 0.0556. The molecule has 1 N–H and O–H groups in total. The van der Waals surface area contributed by atoms with Gasteiger partial charge in [-0.15, -0.1) is 0 Å². The molecular formula is C18H9Cl2N3O2. The molecule has 0 fully saturated rings. The summed E-state index contributed by atoms with van der Waals surface area (Å²) in [6, 6.07) is 5.29. The molecule has 0 saturated carbocycles. The number of fused-ring (bicyclic) bond motifs is 5. The van der Waals surface area contributed by atoms with E-state index in [0.29, 0.717) is 16.8 Å². The molecule has 122 valence electrons. The van der Waals surface area contributed by atoms with E-state index in [4.69, 9.17) is 27.6 Å². The Morgan fingerprint density at radius 1 is 1.16 bits per heavy atom. The number of carbonyl (C=O) groups excluding carboxylic acids is 1. The van der Waals surface area contributed by atoms with Gasteiger partial charge < -0.3 is 9.73 Å². The molecule has 7 heteroatoms. The normalized spacial score (nSPS) is 12.4. The first-order valence-electron chi connectivity index (χ1n) is 7.56. The summed E-state index contributed by atoms with van der Waals surface area (Å²) in [5, 5.41) is 3.29. The number of anilines is 1. The van der Waals surface area contributed by atoms with Gasteiger partial charge in [0.15, 0.2) is 0 Å². The number of halogens is 2. The third kappa shape index (κ3) is 2.20. The van der Waals surface area contributed by atoms with Crippen LogP contribution >= 0.6 is 23.2 Å². The van der Waals surface area contributed by atoms with Crippen LogP contribution in [0.5, 0.6) is 0 Å². The van der Waals surface area contributed by atoms with Crippen molar-refractivity contribution >= 4 is 46.0 Å². The molecule has 0 unspecified atom stereocenters. The van der Waals surface area contributed by atoms with E-state index in [1.54, 1.807) is 18.5 Å². The van der Waals surface area contributed by atoms with Crippen LogP contribution in [0.25, 0.3) is 22.3 Å². The zero-order chi connectivity index (χ0) is 17.1.